The van der Waals surface area contributed by atoms with Crippen molar-refractivity contribution >= 4 is 0 Å². The standard InChI is InChI=1S/C16H18N2O6/c19-12-6-7-18(16(22)17-12)15-14(21)13(20)11(24-15)9-23-8-10-4-2-1-3-5-10/h1-7,11,13-15,20-21H,8-9H2,(H,17,19,22)/t11-,13-,14-,15-/m1/s1. The minimum Gasteiger partial charge on any atom is -0.387 e. The number of aromatic nitrogens is 2. The molecular weight excluding hydrogens is 316 g/mol. The van der Waals surface area contributed by atoms with Gasteiger partial charge in [-0.1, -0.05) is 30.3 Å². The average Bonchev–Trinajstić information content (AvgIpc) is 2.84. The van der Waals surface area contributed by atoms with Crippen LogP contribution in [0.4, 0.5) is 0 Å². The van der Waals surface area contributed by atoms with Crippen LogP contribution >= 0.6 is 0 Å². The van der Waals surface area contributed by atoms with Crippen molar-refractivity contribution in [2.45, 2.75) is 31.1 Å². The van der Waals surface area contributed by atoms with Gasteiger partial charge in [0.2, 0.25) is 0 Å². The van der Waals surface area contributed by atoms with E-state index in [-0.39, 0.29) is 6.61 Å². The molecule has 1 fully saturated rings. The first kappa shape index (κ1) is 16.6. The molecular formula is C16H18N2O6. The Kier molecular flexibility index (Phi) is 4.91. The van der Waals surface area contributed by atoms with Gasteiger partial charge in [-0.3, -0.25) is 14.3 Å². The number of ether oxygens (including phenoxy) is 2. The van der Waals surface area contributed by atoms with Gasteiger partial charge >= 0.3 is 5.69 Å². The zero-order valence-corrected chi connectivity index (χ0v) is 12.7. The van der Waals surface area contributed by atoms with Gasteiger partial charge in [0.25, 0.3) is 5.56 Å². The fourth-order valence-electron chi connectivity index (χ4n) is 2.59. The molecule has 0 amide bonds. The van der Waals surface area contributed by atoms with E-state index in [1.54, 1.807) is 0 Å². The van der Waals surface area contributed by atoms with E-state index < -0.39 is 35.8 Å². The highest BCUT2D eigenvalue weighted by Crippen LogP contribution is 2.28. The van der Waals surface area contributed by atoms with E-state index in [1.807, 2.05) is 30.3 Å². The molecule has 0 saturated carbocycles. The molecule has 1 saturated heterocycles. The highest BCUT2D eigenvalue weighted by atomic mass is 16.6. The number of benzene rings is 1. The summed E-state index contributed by atoms with van der Waals surface area (Å²) in [5, 5.41) is 20.2. The van der Waals surface area contributed by atoms with Crippen LogP contribution in [0.5, 0.6) is 0 Å². The minimum atomic E-state index is -1.31. The molecule has 128 valence electrons. The topological polar surface area (TPSA) is 114 Å². The van der Waals surface area contributed by atoms with Crippen LogP contribution in [0.15, 0.2) is 52.2 Å². The molecule has 0 radical (unpaired) electrons. The first-order valence-corrected chi connectivity index (χ1v) is 7.51. The summed E-state index contributed by atoms with van der Waals surface area (Å²) >= 11 is 0. The molecule has 1 aromatic heterocycles. The number of hydrogen-bond acceptors (Lipinski definition) is 6. The Morgan fingerprint density at radius 2 is 1.88 bits per heavy atom. The molecule has 0 unspecified atom stereocenters. The van der Waals surface area contributed by atoms with Gasteiger partial charge in [-0.05, 0) is 5.56 Å². The van der Waals surface area contributed by atoms with E-state index in [0.29, 0.717) is 6.61 Å². The van der Waals surface area contributed by atoms with E-state index in [9.17, 15) is 19.8 Å². The van der Waals surface area contributed by atoms with E-state index in [4.69, 9.17) is 9.47 Å². The second kappa shape index (κ2) is 7.10. The van der Waals surface area contributed by atoms with Crippen molar-refractivity contribution in [3.8, 4) is 0 Å². The zero-order chi connectivity index (χ0) is 17.1. The van der Waals surface area contributed by atoms with Crippen molar-refractivity contribution in [1.29, 1.82) is 0 Å². The van der Waals surface area contributed by atoms with E-state index in [1.165, 1.54) is 6.20 Å². The summed E-state index contributed by atoms with van der Waals surface area (Å²) < 4.78 is 12.1. The lowest BCUT2D eigenvalue weighted by atomic mass is 10.1. The summed E-state index contributed by atoms with van der Waals surface area (Å²) in [6.07, 6.45) is -3.17. The van der Waals surface area contributed by atoms with Crippen LogP contribution in [-0.4, -0.2) is 44.7 Å². The van der Waals surface area contributed by atoms with Crippen molar-refractivity contribution in [1.82, 2.24) is 9.55 Å². The molecule has 8 nitrogen and oxygen atoms in total. The fourth-order valence-corrected chi connectivity index (χ4v) is 2.59. The minimum absolute atomic E-state index is 0.0573. The molecule has 1 aliphatic rings. The number of H-pyrrole nitrogens is 1. The molecule has 0 spiro atoms. The smallest absolute Gasteiger partial charge is 0.330 e. The zero-order valence-electron chi connectivity index (χ0n) is 12.7. The summed E-state index contributed by atoms with van der Waals surface area (Å²) in [6, 6.07) is 10.6. The average molecular weight is 334 g/mol. The monoisotopic (exact) mass is 334 g/mol. The molecule has 4 atom stereocenters. The highest BCUT2D eigenvalue weighted by molar-refractivity contribution is 5.13. The van der Waals surface area contributed by atoms with Gasteiger partial charge < -0.3 is 19.7 Å². The van der Waals surface area contributed by atoms with Crippen LogP contribution in [0.3, 0.4) is 0 Å². The molecule has 24 heavy (non-hydrogen) atoms. The third-order valence-corrected chi connectivity index (χ3v) is 3.86. The number of nitrogens with one attached hydrogen (secondary N) is 1. The largest absolute Gasteiger partial charge is 0.387 e. The first-order valence-electron chi connectivity index (χ1n) is 7.51. The Morgan fingerprint density at radius 1 is 1.12 bits per heavy atom. The number of aliphatic hydroxyl groups is 2. The molecule has 0 bridgehead atoms. The van der Waals surface area contributed by atoms with Gasteiger partial charge in [-0.2, -0.15) is 0 Å². The molecule has 8 heteroatoms. The molecule has 0 aliphatic carbocycles. The Morgan fingerprint density at radius 3 is 2.58 bits per heavy atom. The summed E-state index contributed by atoms with van der Waals surface area (Å²) in [6.45, 7) is 0.397. The maximum absolute atomic E-state index is 11.8. The summed E-state index contributed by atoms with van der Waals surface area (Å²) in [4.78, 5) is 25.0. The van der Waals surface area contributed by atoms with E-state index in [0.717, 1.165) is 16.2 Å². The number of hydrogen-bond donors (Lipinski definition) is 3. The van der Waals surface area contributed by atoms with Gasteiger partial charge in [-0.25, -0.2) is 4.79 Å². The quantitative estimate of drug-likeness (QED) is 0.671. The predicted molar refractivity (Wildman–Crippen MR) is 83.3 cm³/mol. The van der Waals surface area contributed by atoms with Gasteiger partial charge in [0.1, 0.15) is 18.3 Å². The normalized spacial score (nSPS) is 26.6. The summed E-state index contributed by atoms with van der Waals surface area (Å²) in [7, 11) is 0. The Labute approximate surface area is 136 Å². The highest BCUT2D eigenvalue weighted by Gasteiger charge is 2.44. The molecule has 3 rings (SSSR count). The molecule has 3 N–H and O–H groups in total. The van der Waals surface area contributed by atoms with E-state index in [2.05, 4.69) is 4.98 Å². The van der Waals surface area contributed by atoms with Crippen molar-refractivity contribution in [3.63, 3.8) is 0 Å². The van der Waals surface area contributed by atoms with Gasteiger partial charge in [0, 0.05) is 12.3 Å². The Balaban J connectivity index is 1.64. The predicted octanol–water partition coefficient (Wildman–Crippen LogP) is -0.627. The first-order chi connectivity index (χ1) is 11.6. The van der Waals surface area contributed by atoms with Crippen molar-refractivity contribution in [3.05, 3.63) is 69.0 Å². The molecule has 1 aliphatic heterocycles. The fraction of sp³-hybridized carbons (Fsp3) is 0.375. The van der Waals surface area contributed by atoms with Gasteiger partial charge in [0.15, 0.2) is 6.23 Å². The lowest BCUT2D eigenvalue weighted by Gasteiger charge is -2.16. The maximum atomic E-state index is 11.8. The Bertz CT molecular complexity index is 787. The molecule has 2 aromatic rings. The van der Waals surface area contributed by atoms with Crippen molar-refractivity contribution in [2.75, 3.05) is 6.61 Å². The van der Waals surface area contributed by atoms with Crippen LogP contribution in [0.2, 0.25) is 0 Å². The second-order valence-corrected chi connectivity index (χ2v) is 5.56. The second-order valence-electron chi connectivity index (χ2n) is 5.56. The lowest BCUT2D eigenvalue weighted by Crippen LogP contribution is -2.37. The lowest BCUT2D eigenvalue weighted by molar-refractivity contribution is -0.0711. The number of aromatic amines is 1. The van der Waals surface area contributed by atoms with Crippen LogP contribution < -0.4 is 11.2 Å². The van der Waals surface area contributed by atoms with Gasteiger partial charge in [0.05, 0.1) is 13.2 Å². The van der Waals surface area contributed by atoms with Crippen LogP contribution in [0.1, 0.15) is 11.8 Å². The van der Waals surface area contributed by atoms with Crippen LogP contribution in [-0.2, 0) is 16.1 Å². The van der Waals surface area contributed by atoms with Crippen LogP contribution in [0.25, 0.3) is 0 Å². The van der Waals surface area contributed by atoms with Crippen molar-refractivity contribution < 1.29 is 19.7 Å². The third kappa shape index (κ3) is 3.46. The number of nitrogens with zero attached hydrogens (tertiary/aromatic N) is 1. The summed E-state index contributed by atoms with van der Waals surface area (Å²) in [5.74, 6) is 0. The SMILES string of the molecule is O=c1ccn([C@@H]2O[C@H](COCc3ccccc3)[C@@H](O)[C@H]2O)c(=O)[nH]1. The Hall–Kier alpha value is -2.26. The van der Waals surface area contributed by atoms with Crippen LogP contribution in [0, 0.1) is 0 Å². The maximum Gasteiger partial charge on any atom is 0.330 e. The van der Waals surface area contributed by atoms with Crippen molar-refractivity contribution in [2.24, 2.45) is 0 Å². The third-order valence-electron chi connectivity index (χ3n) is 3.86. The number of aliphatic hydroxyl groups excluding tert-OH is 2. The summed E-state index contributed by atoms with van der Waals surface area (Å²) in [5.41, 5.74) is -0.296. The molecule has 1 aromatic carbocycles. The van der Waals surface area contributed by atoms with Gasteiger partial charge in [-0.15, -0.1) is 0 Å². The number of rotatable bonds is 5. The molecule has 2 heterocycles. The van der Waals surface area contributed by atoms with E-state index >= 15 is 0 Å².